The molecule has 0 atom stereocenters. The topological polar surface area (TPSA) is 101 Å². The monoisotopic (exact) mass is 476 g/mol. The molecule has 174 valence electrons. The zero-order valence-corrected chi connectivity index (χ0v) is 18.6. The molecule has 2 heterocycles. The molecule has 3 aromatic rings. The Morgan fingerprint density at radius 3 is 2.45 bits per heavy atom. The summed E-state index contributed by atoms with van der Waals surface area (Å²) in [6.45, 7) is -0.391. The lowest BCUT2D eigenvalue weighted by atomic mass is 10.1. The number of benzene rings is 1. The second-order valence-corrected chi connectivity index (χ2v) is 7.56. The van der Waals surface area contributed by atoms with Crippen LogP contribution >= 0.6 is 11.6 Å². The summed E-state index contributed by atoms with van der Waals surface area (Å²) in [5.41, 5.74) is 0.724. The second-order valence-electron chi connectivity index (χ2n) is 7.17. The van der Waals surface area contributed by atoms with Crippen LogP contribution in [0.1, 0.15) is 16.8 Å². The Balaban J connectivity index is 1.67. The number of amides is 1. The van der Waals surface area contributed by atoms with E-state index in [4.69, 9.17) is 11.6 Å². The van der Waals surface area contributed by atoms with Gasteiger partial charge in [0.1, 0.15) is 17.4 Å². The summed E-state index contributed by atoms with van der Waals surface area (Å²) in [7, 11) is 1.82. The number of hydrogen-bond donors (Lipinski definition) is 3. The Morgan fingerprint density at radius 1 is 1.09 bits per heavy atom. The van der Waals surface area contributed by atoms with Gasteiger partial charge in [-0.25, -0.2) is 4.98 Å². The van der Waals surface area contributed by atoms with Crippen molar-refractivity contribution in [3.63, 3.8) is 0 Å². The SMILES string of the molecule is CNCc1ccccc1CNC(=O)Cn1c(Cl)cnc(NCC(F)(F)c2ccccn2)c1=O. The van der Waals surface area contributed by atoms with Gasteiger partial charge >= 0.3 is 5.92 Å². The van der Waals surface area contributed by atoms with E-state index in [1.807, 2.05) is 31.3 Å². The average Bonchev–Trinajstić information content (AvgIpc) is 2.81. The smallest absolute Gasteiger partial charge is 0.306 e. The molecule has 3 rings (SSSR count). The molecule has 0 unspecified atom stereocenters. The fourth-order valence-corrected chi connectivity index (χ4v) is 3.27. The third kappa shape index (κ3) is 6.33. The first kappa shape index (κ1) is 24.3. The normalized spacial score (nSPS) is 11.3. The van der Waals surface area contributed by atoms with Crippen LogP contribution < -0.4 is 21.5 Å². The first-order chi connectivity index (χ1) is 15.8. The van der Waals surface area contributed by atoms with Crippen LogP contribution in [0.4, 0.5) is 14.6 Å². The molecule has 2 aromatic heterocycles. The fourth-order valence-electron chi connectivity index (χ4n) is 3.09. The van der Waals surface area contributed by atoms with Gasteiger partial charge in [0, 0.05) is 19.3 Å². The Morgan fingerprint density at radius 2 is 1.79 bits per heavy atom. The number of alkyl halides is 2. The van der Waals surface area contributed by atoms with Gasteiger partial charge in [-0.05, 0) is 30.3 Å². The van der Waals surface area contributed by atoms with E-state index in [0.29, 0.717) is 6.54 Å². The number of halogens is 3. The molecule has 0 bridgehead atoms. The Hall–Kier alpha value is -3.37. The standard InChI is InChI=1S/C22H23ClF2N6O2/c1-26-10-15-6-2-3-7-16(15)11-28-19(32)13-31-18(23)12-29-20(21(31)33)30-14-22(24,25)17-8-4-5-9-27-17/h2-9,12,26H,10-11,13-14H2,1H3,(H,28,32)(H,29,30). The van der Waals surface area contributed by atoms with Crippen molar-refractivity contribution in [3.05, 3.63) is 87.2 Å². The number of carbonyl (C=O) groups excluding carboxylic acids is 1. The molecule has 0 aliphatic rings. The van der Waals surface area contributed by atoms with Gasteiger partial charge in [0.2, 0.25) is 5.91 Å². The average molecular weight is 477 g/mol. The van der Waals surface area contributed by atoms with Crippen LogP contribution in [-0.2, 0) is 30.4 Å². The molecule has 0 aliphatic heterocycles. The summed E-state index contributed by atoms with van der Waals surface area (Å²) >= 11 is 6.04. The molecule has 1 aromatic carbocycles. The molecule has 0 saturated heterocycles. The van der Waals surface area contributed by atoms with Crippen molar-refractivity contribution in [1.29, 1.82) is 0 Å². The molecule has 0 spiro atoms. The van der Waals surface area contributed by atoms with E-state index in [2.05, 4.69) is 25.9 Å². The molecule has 1 amide bonds. The first-order valence-corrected chi connectivity index (χ1v) is 10.5. The summed E-state index contributed by atoms with van der Waals surface area (Å²) in [6.07, 6.45) is 2.38. The predicted molar refractivity (Wildman–Crippen MR) is 121 cm³/mol. The van der Waals surface area contributed by atoms with Crippen molar-refractivity contribution < 1.29 is 13.6 Å². The number of nitrogens with zero attached hydrogens (tertiary/aromatic N) is 3. The number of aromatic nitrogens is 3. The van der Waals surface area contributed by atoms with Gasteiger partial charge in [0.25, 0.3) is 5.56 Å². The molecule has 8 nitrogen and oxygen atoms in total. The van der Waals surface area contributed by atoms with E-state index < -0.39 is 29.6 Å². The highest BCUT2D eigenvalue weighted by atomic mass is 35.5. The molecule has 3 N–H and O–H groups in total. The van der Waals surface area contributed by atoms with Crippen molar-refractivity contribution in [2.75, 3.05) is 18.9 Å². The number of hydrogen-bond acceptors (Lipinski definition) is 6. The van der Waals surface area contributed by atoms with E-state index >= 15 is 0 Å². The van der Waals surface area contributed by atoms with Crippen LogP contribution in [-0.4, -0.2) is 34.0 Å². The highest BCUT2D eigenvalue weighted by Crippen LogP contribution is 2.25. The summed E-state index contributed by atoms with van der Waals surface area (Å²) < 4.78 is 29.7. The van der Waals surface area contributed by atoms with Crippen LogP contribution in [0.3, 0.4) is 0 Å². The first-order valence-electron chi connectivity index (χ1n) is 10.1. The number of anilines is 1. The summed E-state index contributed by atoms with van der Waals surface area (Å²) in [5.74, 6) is -4.14. The third-order valence-electron chi connectivity index (χ3n) is 4.79. The van der Waals surface area contributed by atoms with Crippen LogP contribution in [0.25, 0.3) is 0 Å². The largest absolute Gasteiger partial charge is 0.359 e. The second kappa shape index (κ2) is 11.0. The van der Waals surface area contributed by atoms with Crippen molar-refractivity contribution in [2.45, 2.75) is 25.6 Å². The van der Waals surface area contributed by atoms with Crippen LogP contribution in [0.5, 0.6) is 0 Å². The van der Waals surface area contributed by atoms with Gasteiger partial charge < -0.3 is 16.0 Å². The Bertz CT molecular complexity index is 1160. The zero-order valence-electron chi connectivity index (χ0n) is 17.8. The maximum absolute atomic E-state index is 14.4. The van der Waals surface area contributed by atoms with Gasteiger partial charge in [-0.15, -0.1) is 0 Å². The lowest BCUT2D eigenvalue weighted by Gasteiger charge is -2.17. The number of pyridine rings is 1. The van der Waals surface area contributed by atoms with E-state index in [9.17, 15) is 18.4 Å². The quantitative estimate of drug-likeness (QED) is 0.416. The van der Waals surface area contributed by atoms with E-state index in [1.54, 1.807) is 0 Å². The van der Waals surface area contributed by atoms with Crippen molar-refractivity contribution >= 4 is 23.3 Å². The number of carbonyl (C=O) groups is 1. The van der Waals surface area contributed by atoms with Gasteiger partial charge in [0.05, 0.1) is 12.7 Å². The molecule has 0 fully saturated rings. The van der Waals surface area contributed by atoms with Crippen molar-refractivity contribution in [2.24, 2.45) is 0 Å². The molecule has 0 aliphatic carbocycles. The molecule has 0 saturated carbocycles. The fraction of sp³-hybridized carbons (Fsp3) is 0.273. The van der Waals surface area contributed by atoms with E-state index in [-0.39, 0.29) is 24.1 Å². The van der Waals surface area contributed by atoms with Gasteiger partial charge in [-0.2, -0.15) is 8.78 Å². The van der Waals surface area contributed by atoms with E-state index in [1.165, 1.54) is 24.4 Å². The number of nitrogens with one attached hydrogen (secondary N) is 3. The predicted octanol–water partition coefficient (Wildman–Crippen LogP) is 2.53. The molecule has 11 heteroatoms. The Kier molecular flexibility index (Phi) is 8.07. The summed E-state index contributed by atoms with van der Waals surface area (Å²) in [6, 6.07) is 11.8. The van der Waals surface area contributed by atoms with Crippen molar-refractivity contribution in [3.8, 4) is 0 Å². The lowest BCUT2D eigenvalue weighted by molar-refractivity contribution is -0.121. The van der Waals surface area contributed by atoms with Crippen LogP contribution in [0.2, 0.25) is 5.15 Å². The zero-order chi connectivity index (χ0) is 23.8. The lowest BCUT2D eigenvalue weighted by Crippen LogP contribution is -2.35. The molecular weight excluding hydrogens is 454 g/mol. The number of rotatable bonds is 10. The molecule has 0 radical (unpaired) electrons. The van der Waals surface area contributed by atoms with Gasteiger partial charge in [-0.1, -0.05) is 41.9 Å². The maximum Gasteiger partial charge on any atom is 0.306 e. The highest BCUT2D eigenvalue weighted by molar-refractivity contribution is 6.29. The van der Waals surface area contributed by atoms with Gasteiger partial charge in [0.15, 0.2) is 5.82 Å². The summed E-state index contributed by atoms with van der Waals surface area (Å²) in [5, 5.41) is 8.05. The highest BCUT2D eigenvalue weighted by Gasteiger charge is 2.33. The summed E-state index contributed by atoms with van der Waals surface area (Å²) in [4.78, 5) is 32.6. The molecular formula is C22H23ClF2N6O2. The maximum atomic E-state index is 14.4. The third-order valence-corrected chi connectivity index (χ3v) is 5.09. The minimum Gasteiger partial charge on any atom is -0.359 e. The van der Waals surface area contributed by atoms with Crippen LogP contribution in [0, 0.1) is 0 Å². The van der Waals surface area contributed by atoms with Crippen molar-refractivity contribution in [1.82, 2.24) is 25.2 Å². The molecule has 33 heavy (non-hydrogen) atoms. The minimum absolute atomic E-state index is 0.0900. The minimum atomic E-state index is -3.34. The van der Waals surface area contributed by atoms with Crippen LogP contribution in [0.15, 0.2) is 59.7 Å². The van der Waals surface area contributed by atoms with Gasteiger partial charge in [-0.3, -0.25) is 19.1 Å². The Labute approximate surface area is 194 Å². The van der Waals surface area contributed by atoms with E-state index in [0.717, 1.165) is 21.9 Å².